The molecule has 1 saturated heterocycles. The van der Waals surface area contributed by atoms with Gasteiger partial charge in [0.15, 0.2) is 5.82 Å². The van der Waals surface area contributed by atoms with Gasteiger partial charge in [-0.3, -0.25) is 9.69 Å². The molecule has 4 aromatic rings. The van der Waals surface area contributed by atoms with Crippen molar-refractivity contribution < 1.29 is 4.79 Å². The number of carbonyl (C=O) groups is 1. The van der Waals surface area contributed by atoms with E-state index in [1.807, 2.05) is 33.9 Å². The van der Waals surface area contributed by atoms with E-state index in [1.165, 1.54) is 5.56 Å². The molecule has 0 spiro atoms. The summed E-state index contributed by atoms with van der Waals surface area (Å²) < 4.78 is 2.05. The van der Waals surface area contributed by atoms with Gasteiger partial charge < -0.3 is 9.47 Å². The molecular formula is C23H25N7O. The zero-order valence-electron chi connectivity index (χ0n) is 17.3. The van der Waals surface area contributed by atoms with E-state index in [-0.39, 0.29) is 5.91 Å². The molecule has 0 unspecified atom stereocenters. The molecule has 31 heavy (non-hydrogen) atoms. The van der Waals surface area contributed by atoms with Crippen LogP contribution in [0.4, 0.5) is 0 Å². The Kier molecular flexibility index (Phi) is 5.45. The molecule has 158 valence electrons. The minimum Gasteiger partial charge on any atom is -0.339 e. The topological polar surface area (TPSA) is 82.9 Å². The smallest absolute Gasteiger partial charge is 0.242 e. The van der Waals surface area contributed by atoms with Crippen LogP contribution >= 0.6 is 0 Å². The highest BCUT2D eigenvalue weighted by molar-refractivity contribution is 5.86. The molecule has 0 saturated carbocycles. The van der Waals surface area contributed by atoms with Crippen LogP contribution in [0.25, 0.3) is 10.9 Å². The quantitative estimate of drug-likeness (QED) is 0.521. The average molecular weight is 416 g/mol. The molecule has 1 aliphatic rings. The van der Waals surface area contributed by atoms with Crippen molar-refractivity contribution in [3.05, 3.63) is 77.7 Å². The minimum atomic E-state index is 0.159. The summed E-state index contributed by atoms with van der Waals surface area (Å²) in [6.07, 6.45) is 2.63. The standard InChI is InChI=1S/C23H25N7O/c31-23(29-12-10-28(11-13-29)15-18-6-2-1-3-7-18)17-30-16-19(14-22-24-26-27-25-22)20-8-4-5-9-21(20)30/h1-9,16H,10-15,17H2,(H,24,25,26,27). The maximum Gasteiger partial charge on any atom is 0.242 e. The highest BCUT2D eigenvalue weighted by atomic mass is 16.2. The van der Waals surface area contributed by atoms with Crippen LogP contribution < -0.4 is 0 Å². The molecule has 0 aliphatic carbocycles. The second-order valence-corrected chi connectivity index (χ2v) is 7.95. The summed E-state index contributed by atoms with van der Waals surface area (Å²) in [6, 6.07) is 18.6. The Balaban J connectivity index is 1.24. The van der Waals surface area contributed by atoms with Crippen molar-refractivity contribution in [2.24, 2.45) is 0 Å². The Morgan fingerprint density at radius 2 is 1.74 bits per heavy atom. The maximum atomic E-state index is 13.0. The summed E-state index contributed by atoms with van der Waals surface area (Å²) in [4.78, 5) is 17.4. The number of rotatable bonds is 6. The van der Waals surface area contributed by atoms with Crippen molar-refractivity contribution in [1.82, 2.24) is 35.0 Å². The number of para-hydroxylation sites is 1. The highest BCUT2D eigenvalue weighted by Gasteiger charge is 2.22. The van der Waals surface area contributed by atoms with Gasteiger partial charge in [-0.05, 0) is 17.2 Å². The fourth-order valence-electron chi connectivity index (χ4n) is 4.26. The molecule has 2 aromatic heterocycles. The lowest BCUT2D eigenvalue weighted by Gasteiger charge is -2.35. The molecule has 8 nitrogen and oxygen atoms in total. The van der Waals surface area contributed by atoms with Gasteiger partial charge in [-0.25, -0.2) is 0 Å². The van der Waals surface area contributed by atoms with Gasteiger partial charge in [0.1, 0.15) is 6.54 Å². The van der Waals surface area contributed by atoms with Gasteiger partial charge >= 0.3 is 0 Å². The highest BCUT2D eigenvalue weighted by Crippen LogP contribution is 2.23. The van der Waals surface area contributed by atoms with Crippen LogP contribution in [0.3, 0.4) is 0 Å². The molecule has 1 aliphatic heterocycles. The first-order valence-electron chi connectivity index (χ1n) is 10.6. The lowest BCUT2D eigenvalue weighted by molar-refractivity contribution is -0.133. The first kappa shape index (κ1) is 19.4. The third kappa shape index (κ3) is 4.34. The first-order chi connectivity index (χ1) is 15.3. The largest absolute Gasteiger partial charge is 0.339 e. The molecule has 0 bridgehead atoms. The van der Waals surface area contributed by atoms with E-state index < -0.39 is 0 Å². The van der Waals surface area contributed by atoms with E-state index in [0.717, 1.165) is 49.2 Å². The predicted molar refractivity (Wildman–Crippen MR) is 117 cm³/mol. The number of piperazine rings is 1. The Bertz CT molecular complexity index is 1150. The van der Waals surface area contributed by atoms with Gasteiger partial charge in [-0.1, -0.05) is 53.7 Å². The van der Waals surface area contributed by atoms with Gasteiger partial charge in [0, 0.05) is 56.2 Å². The second-order valence-electron chi connectivity index (χ2n) is 7.95. The molecule has 0 atom stereocenters. The maximum absolute atomic E-state index is 13.0. The summed E-state index contributed by atoms with van der Waals surface area (Å²) in [6.45, 7) is 4.60. The van der Waals surface area contributed by atoms with Crippen LogP contribution in [0.2, 0.25) is 0 Å². The Morgan fingerprint density at radius 1 is 0.968 bits per heavy atom. The molecule has 1 amide bonds. The lowest BCUT2D eigenvalue weighted by atomic mass is 10.1. The van der Waals surface area contributed by atoms with E-state index in [2.05, 4.69) is 61.9 Å². The number of nitrogens with zero attached hydrogens (tertiary/aromatic N) is 6. The fraction of sp³-hybridized carbons (Fsp3) is 0.304. The SMILES string of the molecule is O=C(Cn1cc(Cc2nn[nH]n2)c2ccccc21)N1CCN(Cc2ccccc2)CC1. The van der Waals surface area contributed by atoms with Gasteiger partial charge in [0.2, 0.25) is 5.91 Å². The molecule has 2 aromatic carbocycles. The van der Waals surface area contributed by atoms with Crippen LogP contribution in [0.15, 0.2) is 60.8 Å². The van der Waals surface area contributed by atoms with Crippen molar-refractivity contribution in [3.8, 4) is 0 Å². The van der Waals surface area contributed by atoms with Gasteiger partial charge in [-0.15, -0.1) is 10.2 Å². The Hall–Kier alpha value is -3.52. The lowest BCUT2D eigenvalue weighted by Crippen LogP contribution is -2.49. The monoisotopic (exact) mass is 415 g/mol. The normalized spacial score (nSPS) is 14.9. The minimum absolute atomic E-state index is 0.159. The van der Waals surface area contributed by atoms with E-state index in [9.17, 15) is 4.79 Å². The third-order valence-corrected chi connectivity index (χ3v) is 5.89. The number of hydrogen-bond acceptors (Lipinski definition) is 5. The van der Waals surface area contributed by atoms with Crippen molar-refractivity contribution in [3.63, 3.8) is 0 Å². The molecule has 3 heterocycles. The zero-order valence-corrected chi connectivity index (χ0v) is 17.3. The molecule has 1 N–H and O–H groups in total. The van der Waals surface area contributed by atoms with Crippen molar-refractivity contribution in [1.29, 1.82) is 0 Å². The van der Waals surface area contributed by atoms with E-state index >= 15 is 0 Å². The zero-order chi connectivity index (χ0) is 21.0. The van der Waals surface area contributed by atoms with Crippen molar-refractivity contribution in [2.45, 2.75) is 19.5 Å². The number of fused-ring (bicyclic) bond motifs is 1. The number of tetrazole rings is 1. The van der Waals surface area contributed by atoms with Crippen LogP contribution in [-0.4, -0.2) is 67.1 Å². The molecular weight excluding hydrogens is 390 g/mol. The summed E-state index contributed by atoms with van der Waals surface area (Å²) in [7, 11) is 0. The molecule has 5 rings (SSSR count). The molecule has 1 fully saturated rings. The number of carbonyl (C=O) groups excluding carboxylic acids is 1. The van der Waals surface area contributed by atoms with Crippen molar-refractivity contribution in [2.75, 3.05) is 26.2 Å². The number of hydrogen-bond donors (Lipinski definition) is 1. The van der Waals surface area contributed by atoms with Crippen LogP contribution in [0.5, 0.6) is 0 Å². The molecule has 8 heteroatoms. The second kappa shape index (κ2) is 8.69. The van der Waals surface area contributed by atoms with Gasteiger partial charge in [0.25, 0.3) is 0 Å². The summed E-state index contributed by atoms with van der Waals surface area (Å²) in [5, 5.41) is 15.4. The first-order valence-corrected chi connectivity index (χ1v) is 10.6. The third-order valence-electron chi connectivity index (χ3n) is 5.89. The molecule has 0 radical (unpaired) electrons. The van der Waals surface area contributed by atoms with Crippen LogP contribution in [-0.2, 0) is 24.3 Å². The average Bonchev–Trinajstić information content (AvgIpc) is 3.44. The van der Waals surface area contributed by atoms with Crippen molar-refractivity contribution >= 4 is 16.8 Å². The Labute approximate surface area is 180 Å². The van der Waals surface area contributed by atoms with E-state index in [1.54, 1.807) is 0 Å². The van der Waals surface area contributed by atoms with E-state index in [0.29, 0.717) is 18.8 Å². The predicted octanol–water partition coefficient (Wildman–Crippen LogP) is 2.09. The number of aromatic nitrogens is 5. The summed E-state index contributed by atoms with van der Waals surface area (Å²) >= 11 is 0. The number of amides is 1. The number of H-pyrrole nitrogens is 1. The van der Waals surface area contributed by atoms with Gasteiger partial charge in [-0.2, -0.15) is 5.21 Å². The number of nitrogens with one attached hydrogen (secondary N) is 1. The fourth-order valence-corrected chi connectivity index (χ4v) is 4.26. The summed E-state index contributed by atoms with van der Waals surface area (Å²) in [5.74, 6) is 0.801. The van der Waals surface area contributed by atoms with Gasteiger partial charge in [0.05, 0.1) is 0 Å². The van der Waals surface area contributed by atoms with E-state index in [4.69, 9.17) is 0 Å². The number of benzene rings is 2. The summed E-state index contributed by atoms with van der Waals surface area (Å²) in [5.41, 5.74) is 3.46. The number of aromatic amines is 1. The van der Waals surface area contributed by atoms with Crippen LogP contribution in [0.1, 0.15) is 17.0 Å². The Morgan fingerprint density at radius 3 is 2.52 bits per heavy atom. The van der Waals surface area contributed by atoms with Crippen LogP contribution in [0, 0.1) is 0 Å².